The minimum Gasteiger partial charge on any atom is -0.384 e. The molecule has 0 aliphatic carbocycles. The highest BCUT2D eigenvalue weighted by Gasteiger charge is 2.24. The lowest BCUT2D eigenvalue weighted by Crippen LogP contribution is -2.44. The average Bonchev–Trinajstić information content (AvgIpc) is 3.06. The lowest BCUT2D eigenvalue weighted by atomic mass is 9.99. The third kappa shape index (κ3) is 3.86. The molecule has 2 aromatic heterocycles. The Morgan fingerprint density at radius 2 is 2.32 bits per heavy atom. The summed E-state index contributed by atoms with van der Waals surface area (Å²) in [4.78, 5) is 12.0. The van der Waals surface area contributed by atoms with Crippen molar-refractivity contribution < 1.29 is 9.90 Å². The normalized spacial score (nSPS) is 15.1. The van der Waals surface area contributed by atoms with Crippen molar-refractivity contribution in [1.82, 2.24) is 20.4 Å². The summed E-state index contributed by atoms with van der Waals surface area (Å²) in [5.74, 6) is 0. The number of nitrogens with one attached hydrogen (secondary N) is 2. The monoisotopic (exact) mass is 322 g/mol. The highest BCUT2D eigenvalue weighted by atomic mass is 32.1. The van der Waals surface area contributed by atoms with Crippen molar-refractivity contribution >= 4 is 17.4 Å². The molecule has 22 heavy (non-hydrogen) atoms. The molecule has 0 saturated heterocycles. The van der Waals surface area contributed by atoms with Gasteiger partial charge in [0.15, 0.2) is 0 Å². The van der Waals surface area contributed by atoms with Crippen LogP contribution in [0.4, 0.5) is 4.79 Å². The molecule has 120 valence electrons. The minimum atomic E-state index is -1.08. The molecule has 0 bridgehead atoms. The van der Waals surface area contributed by atoms with E-state index in [1.54, 1.807) is 11.6 Å². The van der Waals surface area contributed by atoms with E-state index in [1.807, 2.05) is 43.9 Å². The van der Waals surface area contributed by atoms with Gasteiger partial charge in [-0.05, 0) is 43.2 Å². The van der Waals surface area contributed by atoms with Gasteiger partial charge >= 0.3 is 6.03 Å². The van der Waals surface area contributed by atoms with Gasteiger partial charge < -0.3 is 15.7 Å². The van der Waals surface area contributed by atoms with E-state index in [1.165, 1.54) is 11.3 Å². The maximum absolute atomic E-state index is 12.0. The third-order valence-corrected chi connectivity index (χ3v) is 4.29. The summed E-state index contributed by atoms with van der Waals surface area (Å²) < 4.78 is 1.72. The van der Waals surface area contributed by atoms with Crippen molar-refractivity contribution in [3.63, 3.8) is 0 Å². The van der Waals surface area contributed by atoms with E-state index in [4.69, 9.17) is 0 Å². The molecule has 2 aromatic rings. The first-order valence-electron chi connectivity index (χ1n) is 7.09. The number of nitrogens with zero attached hydrogens (tertiary/aromatic N) is 2. The molecular weight excluding hydrogens is 300 g/mol. The quantitative estimate of drug-likeness (QED) is 0.788. The maximum atomic E-state index is 12.0. The van der Waals surface area contributed by atoms with Gasteiger partial charge in [0.1, 0.15) is 5.60 Å². The molecule has 3 N–H and O–H groups in total. The van der Waals surface area contributed by atoms with E-state index < -0.39 is 5.60 Å². The molecule has 6 nitrogen and oxygen atoms in total. The molecule has 0 spiro atoms. The molecule has 2 heterocycles. The van der Waals surface area contributed by atoms with Crippen molar-refractivity contribution in [3.05, 3.63) is 39.8 Å². The standard InChI is InChI=1S/C15H22N4O2S/c1-10(13-7-19(4)18-11(13)2)17-14(20)16-9-15(3,21)12-5-6-22-8-12/h5-8,10,21H,9H2,1-4H3,(H2,16,17,20)/t10-,15-/m0/s1. The predicted molar refractivity (Wildman–Crippen MR) is 86.8 cm³/mol. The number of aliphatic hydroxyl groups is 1. The van der Waals surface area contributed by atoms with Crippen LogP contribution in [0.3, 0.4) is 0 Å². The van der Waals surface area contributed by atoms with Gasteiger partial charge in [-0.3, -0.25) is 4.68 Å². The molecule has 0 fully saturated rings. The molecular formula is C15H22N4O2S. The van der Waals surface area contributed by atoms with Gasteiger partial charge in [0.25, 0.3) is 0 Å². The van der Waals surface area contributed by atoms with Crippen LogP contribution >= 0.6 is 11.3 Å². The Kier molecular flexibility index (Phi) is 4.87. The van der Waals surface area contributed by atoms with Crippen LogP contribution in [0.5, 0.6) is 0 Å². The zero-order chi connectivity index (χ0) is 16.3. The van der Waals surface area contributed by atoms with Crippen LogP contribution in [0.15, 0.2) is 23.0 Å². The molecule has 2 rings (SSSR count). The van der Waals surface area contributed by atoms with Crippen LogP contribution in [0.2, 0.25) is 0 Å². The summed E-state index contributed by atoms with van der Waals surface area (Å²) in [5, 5.41) is 24.0. The van der Waals surface area contributed by atoms with Gasteiger partial charge in [0, 0.05) is 18.8 Å². The fourth-order valence-corrected chi connectivity index (χ4v) is 3.08. The number of hydrogen-bond donors (Lipinski definition) is 3. The number of rotatable bonds is 5. The molecule has 0 radical (unpaired) electrons. The first-order valence-corrected chi connectivity index (χ1v) is 8.03. The Morgan fingerprint density at radius 3 is 2.86 bits per heavy atom. The molecule has 2 atom stereocenters. The topological polar surface area (TPSA) is 79.2 Å². The first-order chi connectivity index (χ1) is 10.3. The molecule has 7 heteroatoms. The van der Waals surface area contributed by atoms with Gasteiger partial charge in [-0.1, -0.05) is 0 Å². The molecule has 0 saturated carbocycles. The van der Waals surface area contributed by atoms with Crippen LogP contribution in [0.1, 0.15) is 36.7 Å². The number of hydrogen-bond acceptors (Lipinski definition) is 4. The SMILES string of the molecule is Cc1nn(C)cc1[C@H](C)NC(=O)NC[C@](C)(O)c1ccsc1. The molecule has 0 aromatic carbocycles. The van der Waals surface area contributed by atoms with E-state index >= 15 is 0 Å². The number of amides is 2. The fourth-order valence-electron chi connectivity index (χ4n) is 2.29. The van der Waals surface area contributed by atoms with Crippen molar-refractivity contribution in [3.8, 4) is 0 Å². The third-order valence-electron chi connectivity index (χ3n) is 3.60. The van der Waals surface area contributed by atoms with Gasteiger partial charge in [0.05, 0.1) is 18.3 Å². The zero-order valence-corrected chi connectivity index (χ0v) is 14.1. The van der Waals surface area contributed by atoms with Crippen LogP contribution < -0.4 is 10.6 Å². The van der Waals surface area contributed by atoms with Gasteiger partial charge in [-0.2, -0.15) is 16.4 Å². The van der Waals surface area contributed by atoms with Crippen LogP contribution in [-0.4, -0.2) is 27.5 Å². The van der Waals surface area contributed by atoms with Crippen LogP contribution in [0.25, 0.3) is 0 Å². The smallest absolute Gasteiger partial charge is 0.315 e. The second-order valence-corrected chi connectivity index (χ2v) is 6.46. The van der Waals surface area contributed by atoms with Crippen molar-refractivity contribution in [2.45, 2.75) is 32.4 Å². The summed E-state index contributed by atoms with van der Waals surface area (Å²) in [5.41, 5.74) is 1.59. The Morgan fingerprint density at radius 1 is 1.59 bits per heavy atom. The molecule has 2 amide bonds. The van der Waals surface area contributed by atoms with Gasteiger partial charge in [-0.15, -0.1) is 0 Å². The number of aromatic nitrogens is 2. The Balaban J connectivity index is 1.89. The number of carbonyl (C=O) groups is 1. The number of aryl methyl sites for hydroxylation is 2. The Hall–Kier alpha value is -1.86. The van der Waals surface area contributed by atoms with Crippen LogP contribution in [-0.2, 0) is 12.6 Å². The van der Waals surface area contributed by atoms with Crippen LogP contribution in [0, 0.1) is 6.92 Å². The second kappa shape index (κ2) is 6.50. The number of thiophene rings is 1. The highest BCUT2D eigenvalue weighted by molar-refractivity contribution is 7.08. The summed E-state index contributed by atoms with van der Waals surface area (Å²) in [6.45, 7) is 5.64. The van der Waals surface area contributed by atoms with E-state index in [0.717, 1.165) is 16.8 Å². The zero-order valence-electron chi connectivity index (χ0n) is 13.3. The van der Waals surface area contributed by atoms with E-state index in [9.17, 15) is 9.90 Å². The van der Waals surface area contributed by atoms with E-state index in [-0.39, 0.29) is 18.6 Å². The van der Waals surface area contributed by atoms with Gasteiger partial charge in [0.2, 0.25) is 0 Å². The first kappa shape index (κ1) is 16.5. The van der Waals surface area contributed by atoms with E-state index in [2.05, 4.69) is 15.7 Å². The summed E-state index contributed by atoms with van der Waals surface area (Å²) in [6.07, 6.45) is 1.89. The number of carbonyl (C=O) groups excluding carboxylic acids is 1. The predicted octanol–water partition coefficient (Wildman–Crippen LogP) is 2.06. The second-order valence-electron chi connectivity index (χ2n) is 5.68. The van der Waals surface area contributed by atoms with Gasteiger partial charge in [-0.25, -0.2) is 4.79 Å². The highest BCUT2D eigenvalue weighted by Crippen LogP contribution is 2.22. The average molecular weight is 322 g/mol. The lowest BCUT2D eigenvalue weighted by molar-refractivity contribution is 0.0597. The summed E-state index contributed by atoms with van der Waals surface area (Å²) >= 11 is 1.51. The van der Waals surface area contributed by atoms with Crippen molar-refractivity contribution in [2.75, 3.05) is 6.54 Å². The lowest BCUT2D eigenvalue weighted by Gasteiger charge is -2.23. The molecule has 0 unspecified atom stereocenters. The number of urea groups is 1. The van der Waals surface area contributed by atoms with E-state index in [0.29, 0.717) is 0 Å². The Labute approximate surface area is 134 Å². The molecule has 0 aliphatic heterocycles. The molecule has 0 aliphatic rings. The minimum absolute atomic E-state index is 0.147. The summed E-state index contributed by atoms with van der Waals surface area (Å²) in [7, 11) is 1.85. The van der Waals surface area contributed by atoms with Crippen molar-refractivity contribution in [2.24, 2.45) is 7.05 Å². The fraction of sp³-hybridized carbons (Fsp3) is 0.467. The van der Waals surface area contributed by atoms with Crippen molar-refractivity contribution in [1.29, 1.82) is 0 Å². The Bertz CT molecular complexity index is 634. The maximum Gasteiger partial charge on any atom is 0.315 e. The summed E-state index contributed by atoms with van der Waals surface area (Å²) in [6, 6.07) is 1.39. The largest absolute Gasteiger partial charge is 0.384 e.